The Hall–Kier alpha value is -2.57. The third-order valence-corrected chi connectivity index (χ3v) is 6.32. The van der Waals surface area contributed by atoms with Gasteiger partial charge in [0.1, 0.15) is 11.6 Å². The Bertz CT molecular complexity index is 927. The Morgan fingerprint density at radius 2 is 1.93 bits per heavy atom. The van der Waals surface area contributed by atoms with E-state index in [0.29, 0.717) is 12.0 Å². The molecule has 3 saturated carbocycles. The quantitative estimate of drug-likeness (QED) is 0.826. The Balaban J connectivity index is 1.31. The number of carbonyl (C=O) groups excluding carboxylic acids is 1. The number of nitrogens with zero attached hydrogens (tertiary/aromatic N) is 4. The van der Waals surface area contributed by atoms with Gasteiger partial charge in [-0.25, -0.2) is 13.8 Å². The average molecular weight is 370 g/mol. The highest BCUT2D eigenvalue weighted by atomic mass is 19.1. The number of aryl methyl sites for hydroxylation is 1. The van der Waals surface area contributed by atoms with Gasteiger partial charge in [0, 0.05) is 37.1 Å². The van der Waals surface area contributed by atoms with E-state index in [9.17, 15) is 13.6 Å². The number of benzene rings is 1. The van der Waals surface area contributed by atoms with Crippen LogP contribution >= 0.6 is 0 Å². The first-order valence-electron chi connectivity index (χ1n) is 9.20. The van der Waals surface area contributed by atoms with Crippen LogP contribution in [0.3, 0.4) is 0 Å². The van der Waals surface area contributed by atoms with Gasteiger partial charge in [0.25, 0.3) is 0 Å². The van der Waals surface area contributed by atoms with Crippen LogP contribution < -0.4 is 0 Å². The monoisotopic (exact) mass is 370 g/mol. The molecule has 3 aliphatic carbocycles. The van der Waals surface area contributed by atoms with Crippen LogP contribution in [0.5, 0.6) is 0 Å². The van der Waals surface area contributed by atoms with E-state index in [-0.39, 0.29) is 16.7 Å². The number of carbonyl (C=O) groups is 1. The lowest BCUT2D eigenvalue weighted by Crippen LogP contribution is -2.68. The normalized spacial score (nSPS) is 30.9. The van der Waals surface area contributed by atoms with E-state index in [1.165, 1.54) is 17.1 Å². The molecule has 0 saturated heterocycles. The number of halogens is 2. The van der Waals surface area contributed by atoms with Crippen molar-refractivity contribution in [2.24, 2.45) is 15.9 Å². The molecule has 2 aromatic rings. The standard InChI is InChI=1S/C20H20F2N4O/c1-13-2-4-23-25(13)12-19-9-20(10-19,11-19)18(27)26-17(3-5-24-26)14-6-15(21)8-16(22)7-14/h2,4-8,17H,3,9-12H2,1H3. The molecule has 1 aromatic carbocycles. The lowest BCUT2D eigenvalue weighted by atomic mass is 9.34. The fourth-order valence-corrected chi connectivity index (χ4v) is 5.17. The fourth-order valence-electron chi connectivity index (χ4n) is 5.17. The molecule has 140 valence electrons. The van der Waals surface area contributed by atoms with Crippen molar-refractivity contribution in [1.82, 2.24) is 14.8 Å². The summed E-state index contributed by atoms with van der Waals surface area (Å²) in [4.78, 5) is 13.2. The molecule has 1 amide bonds. The van der Waals surface area contributed by atoms with Crippen molar-refractivity contribution in [2.75, 3.05) is 0 Å². The predicted octanol–water partition coefficient (Wildman–Crippen LogP) is 3.60. The van der Waals surface area contributed by atoms with Crippen molar-refractivity contribution in [3.8, 4) is 0 Å². The second-order valence-corrected chi connectivity index (χ2v) is 8.34. The lowest BCUT2D eigenvalue weighted by Gasteiger charge is -2.69. The molecule has 27 heavy (non-hydrogen) atoms. The van der Waals surface area contributed by atoms with Gasteiger partial charge in [-0.1, -0.05) is 0 Å². The minimum absolute atomic E-state index is 0.0232. The Labute approximate surface area is 155 Å². The van der Waals surface area contributed by atoms with Gasteiger partial charge in [-0.05, 0) is 55.4 Å². The summed E-state index contributed by atoms with van der Waals surface area (Å²) >= 11 is 0. The zero-order valence-electron chi connectivity index (χ0n) is 15.0. The maximum atomic E-state index is 13.6. The summed E-state index contributed by atoms with van der Waals surface area (Å²) < 4.78 is 29.2. The number of amides is 1. The summed E-state index contributed by atoms with van der Waals surface area (Å²) in [5, 5.41) is 10.0. The summed E-state index contributed by atoms with van der Waals surface area (Å²) in [5.41, 5.74) is 1.35. The van der Waals surface area contributed by atoms with Crippen LogP contribution in [0.25, 0.3) is 0 Å². The van der Waals surface area contributed by atoms with Gasteiger partial charge in [-0.15, -0.1) is 0 Å². The van der Waals surface area contributed by atoms with Crippen molar-refractivity contribution in [2.45, 2.75) is 45.2 Å². The predicted molar refractivity (Wildman–Crippen MR) is 94.7 cm³/mol. The van der Waals surface area contributed by atoms with E-state index in [1.54, 1.807) is 12.4 Å². The molecule has 1 unspecified atom stereocenters. The molecule has 4 aliphatic rings. The smallest absolute Gasteiger partial charge is 0.249 e. The molecule has 0 N–H and O–H groups in total. The molecule has 0 radical (unpaired) electrons. The van der Waals surface area contributed by atoms with E-state index in [0.717, 1.165) is 37.6 Å². The second-order valence-electron chi connectivity index (χ2n) is 8.34. The van der Waals surface area contributed by atoms with Crippen molar-refractivity contribution in [3.63, 3.8) is 0 Å². The highest BCUT2D eigenvalue weighted by Gasteiger charge is 2.72. The summed E-state index contributed by atoms with van der Waals surface area (Å²) in [5.74, 6) is -1.29. The van der Waals surface area contributed by atoms with Crippen LogP contribution in [0.1, 0.15) is 43.0 Å². The van der Waals surface area contributed by atoms with Gasteiger partial charge in [0.15, 0.2) is 0 Å². The molecule has 1 atom stereocenters. The molecule has 2 heterocycles. The van der Waals surface area contributed by atoms with E-state index in [4.69, 9.17) is 0 Å². The van der Waals surface area contributed by atoms with Crippen LogP contribution in [-0.4, -0.2) is 26.9 Å². The number of aromatic nitrogens is 2. The third-order valence-electron chi connectivity index (χ3n) is 6.32. The van der Waals surface area contributed by atoms with Crippen LogP contribution in [0.4, 0.5) is 8.78 Å². The zero-order chi connectivity index (χ0) is 18.8. The average Bonchev–Trinajstić information content (AvgIpc) is 3.17. The van der Waals surface area contributed by atoms with Crippen LogP contribution in [0.2, 0.25) is 0 Å². The lowest BCUT2D eigenvalue weighted by molar-refractivity contribution is -0.223. The first-order chi connectivity index (χ1) is 12.9. The Morgan fingerprint density at radius 3 is 2.56 bits per heavy atom. The number of hydrogen-bond acceptors (Lipinski definition) is 3. The Kier molecular flexibility index (Phi) is 3.36. The molecule has 7 heteroatoms. The Morgan fingerprint density at radius 1 is 1.22 bits per heavy atom. The van der Waals surface area contributed by atoms with Crippen LogP contribution in [0, 0.1) is 29.4 Å². The first kappa shape index (κ1) is 16.6. The van der Waals surface area contributed by atoms with Crippen molar-refractivity contribution in [1.29, 1.82) is 0 Å². The summed E-state index contributed by atoms with van der Waals surface area (Å²) in [6, 6.07) is 4.96. The molecule has 6 rings (SSSR count). The largest absolute Gasteiger partial charge is 0.272 e. The number of hydrazone groups is 1. The van der Waals surface area contributed by atoms with Crippen molar-refractivity contribution < 1.29 is 13.6 Å². The first-order valence-corrected chi connectivity index (χ1v) is 9.20. The summed E-state index contributed by atoms with van der Waals surface area (Å²) in [6.07, 6.45) is 6.41. The molecule has 2 bridgehead atoms. The topological polar surface area (TPSA) is 50.5 Å². The van der Waals surface area contributed by atoms with E-state index < -0.39 is 17.7 Å². The molecule has 5 nitrogen and oxygen atoms in total. The van der Waals surface area contributed by atoms with Crippen molar-refractivity contribution in [3.05, 3.63) is 53.4 Å². The summed E-state index contributed by atoms with van der Waals surface area (Å²) in [7, 11) is 0. The van der Waals surface area contributed by atoms with Crippen LogP contribution in [0.15, 0.2) is 35.6 Å². The van der Waals surface area contributed by atoms with Crippen molar-refractivity contribution >= 4 is 12.1 Å². The van der Waals surface area contributed by atoms with Gasteiger partial charge in [0.05, 0.1) is 11.5 Å². The number of hydrogen-bond donors (Lipinski definition) is 0. The second kappa shape index (κ2) is 5.47. The third kappa shape index (κ3) is 2.44. The van der Waals surface area contributed by atoms with E-state index >= 15 is 0 Å². The minimum atomic E-state index is -0.636. The SMILES string of the molecule is Cc1ccnn1CC12CC(C(=O)N3N=CCC3c3cc(F)cc(F)c3)(C1)C2. The zero-order valence-corrected chi connectivity index (χ0v) is 15.0. The van der Waals surface area contributed by atoms with Gasteiger partial charge in [-0.2, -0.15) is 10.2 Å². The molecule has 0 spiro atoms. The minimum Gasteiger partial charge on any atom is -0.272 e. The van der Waals surface area contributed by atoms with Gasteiger partial charge in [0.2, 0.25) is 5.91 Å². The van der Waals surface area contributed by atoms with Gasteiger partial charge in [-0.3, -0.25) is 9.48 Å². The van der Waals surface area contributed by atoms with Crippen LogP contribution in [-0.2, 0) is 11.3 Å². The van der Waals surface area contributed by atoms with Gasteiger partial charge < -0.3 is 0 Å². The van der Waals surface area contributed by atoms with Gasteiger partial charge >= 0.3 is 0 Å². The molecular formula is C20H20F2N4O. The summed E-state index contributed by atoms with van der Waals surface area (Å²) in [6.45, 7) is 2.86. The maximum Gasteiger partial charge on any atom is 0.249 e. The highest BCUT2D eigenvalue weighted by Crippen LogP contribution is 2.74. The maximum absolute atomic E-state index is 13.6. The van der Waals surface area contributed by atoms with E-state index in [2.05, 4.69) is 10.2 Å². The highest BCUT2D eigenvalue weighted by molar-refractivity contribution is 5.88. The molecule has 3 fully saturated rings. The number of rotatable bonds is 4. The molecular weight excluding hydrogens is 350 g/mol. The molecule has 1 aliphatic heterocycles. The molecule has 1 aromatic heterocycles. The fraction of sp³-hybridized carbons (Fsp3) is 0.450. The van der Waals surface area contributed by atoms with E-state index in [1.807, 2.05) is 17.7 Å².